The summed E-state index contributed by atoms with van der Waals surface area (Å²) in [5.41, 5.74) is -0.148. The summed E-state index contributed by atoms with van der Waals surface area (Å²) < 4.78 is 24.3. The second-order valence-corrected chi connectivity index (χ2v) is 6.16. The molecule has 1 unspecified atom stereocenters. The maximum Gasteiger partial charge on any atom is 0.305 e. The Morgan fingerprint density at radius 2 is 2.00 bits per heavy atom. The summed E-state index contributed by atoms with van der Waals surface area (Å²) in [5, 5.41) is 8.98. The van der Waals surface area contributed by atoms with Gasteiger partial charge in [-0.1, -0.05) is 0 Å². The van der Waals surface area contributed by atoms with Crippen LogP contribution in [-0.2, 0) is 4.79 Å². The first-order chi connectivity index (χ1) is 11.0. The van der Waals surface area contributed by atoms with Crippen LogP contribution in [0.25, 0.3) is 0 Å². The minimum Gasteiger partial charge on any atom is -0.493 e. The topological polar surface area (TPSA) is 76.1 Å². The third-order valence-corrected chi connectivity index (χ3v) is 4.69. The quantitative estimate of drug-likeness (QED) is 0.880. The highest BCUT2D eigenvalue weighted by Gasteiger charge is 2.31. The predicted molar refractivity (Wildman–Crippen MR) is 83.9 cm³/mol. The Labute approximate surface area is 137 Å². The normalized spacial score (nSPS) is 17.7. The fraction of sp³-hybridized carbons (Fsp3) is 0.467. The minimum atomic E-state index is -0.983. The molecule has 126 valence electrons. The highest BCUT2D eigenvalue weighted by atomic mass is 32.2. The molecule has 1 aliphatic heterocycles. The third kappa shape index (κ3) is 3.87. The van der Waals surface area contributed by atoms with Crippen molar-refractivity contribution in [2.45, 2.75) is 12.5 Å². The standard InChI is InChI=1S/C15H18FNO5S/c1-21-12-6-10(11(16)7-13(12)22-2)15(20)17-3-4-23-8-9(17)5-14(18)19/h6-7,9H,3-5,8H2,1-2H3,(H,18,19). The first-order valence-corrected chi connectivity index (χ1v) is 8.15. The molecule has 1 amide bonds. The average Bonchev–Trinajstić information content (AvgIpc) is 2.53. The zero-order chi connectivity index (χ0) is 17.0. The number of hydrogen-bond acceptors (Lipinski definition) is 5. The summed E-state index contributed by atoms with van der Waals surface area (Å²) in [5.74, 6) is -0.585. The molecule has 0 radical (unpaired) electrons. The first kappa shape index (κ1) is 17.4. The average molecular weight is 343 g/mol. The van der Waals surface area contributed by atoms with Crippen molar-refractivity contribution in [2.75, 3.05) is 32.3 Å². The van der Waals surface area contributed by atoms with Crippen LogP contribution in [0.15, 0.2) is 12.1 Å². The molecule has 6 nitrogen and oxygen atoms in total. The number of methoxy groups -OCH3 is 2. The molecule has 0 aliphatic carbocycles. The Hall–Kier alpha value is -1.96. The van der Waals surface area contributed by atoms with Gasteiger partial charge in [0.05, 0.1) is 32.2 Å². The van der Waals surface area contributed by atoms with Crippen LogP contribution >= 0.6 is 11.8 Å². The van der Waals surface area contributed by atoms with Gasteiger partial charge in [0.15, 0.2) is 11.5 Å². The fourth-order valence-electron chi connectivity index (χ4n) is 2.47. The molecule has 0 spiro atoms. The molecule has 1 N–H and O–H groups in total. The van der Waals surface area contributed by atoms with Crippen molar-refractivity contribution >= 4 is 23.6 Å². The van der Waals surface area contributed by atoms with Gasteiger partial charge in [0.25, 0.3) is 5.91 Å². The summed E-state index contributed by atoms with van der Waals surface area (Å²) >= 11 is 1.58. The first-order valence-electron chi connectivity index (χ1n) is 7.00. The molecule has 23 heavy (non-hydrogen) atoms. The van der Waals surface area contributed by atoms with Crippen molar-refractivity contribution in [3.8, 4) is 11.5 Å². The van der Waals surface area contributed by atoms with E-state index in [1.165, 1.54) is 25.2 Å². The molecule has 0 saturated carbocycles. The molecule has 1 atom stereocenters. The van der Waals surface area contributed by atoms with Gasteiger partial charge in [0, 0.05) is 24.1 Å². The summed E-state index contributed by atoms with van der Waals surface area (Å²) in [6.07, 6.45) is -0.159. The van der Waals surface area contributed by atoms with E-state index in [2.05, 4.69) is 0 Å². The summed E-state index contributed by atoms with van der Waals surface area (Å²) in [6, 6.07) is 1.93. The molecule has 2 rings (SSSR count). The molecular weight excluding hydrogens is 325 g/mol. The lowest BCUT2D eigenvalue weighted by atomic mass is 10.1. The second kappa shape index (κ2) is 7.54. The van der Waals surface area contributed by atoms with Gasteiger partial charge in [-0.15, -0.1) is 0 Å². The summed E-state index contributed by atoms with van der Waals surface area (Å²) in [7, 11) is 2.78. The number of carboxylic acid groups (broad SMARTS) is 1. The molecular formula is C15H18FNO5S. The number of carbonyl (C=O) groups excluding carboxylic acids is 1. The highest BCUT2D eigenvalue weighted by molar-refractivity contribution is 7.99. The maximum atomic E-state index is 14.2. The highest BCUT2D eigenvalue weighted by Crippen LogP contribution is 2.31. The number of carbonyl (C=O) groups is 2. The van der Waals surface area contributed by atoms with Crippen LogP contribution in [0.2, 0.25) is 0 Å². The Morgan fingerprint density at radius 3 is 2.61 bits per heavy atom. The summed E-state index contributed by atoms with van der Waals surface area (Å²) in [4.78, 5) is 25.1. The van der Waals surface area contributed by atoms with Gasteiger partial charge in [0.2, 0.25) is 0 Å². The van der Waals surface area contributed by atoms with Crippen LogP contribution in [0.5, 0.6) is 11.5 Å². The zero-order valence-corrected chi connectivity index (χ0v) is 13.7. The van der Waals surface area contributed by atoms with Gasteiger partial charge >= 0.3 is 5.97 Å². The Balaban J connectivity index is 2.32. The van der Waals surface area contributed by atoms with Crippen LogP contribution < -0.4 is 9.47 Å². The number of ether oxygens (including phenoxy) is 2. The number of nitrogens with zero attached hydrogens (tertiary/aromatic N) is 1. The van der Waals surface area contributed by atoms with E-state index in [1.807, 2.05) is 0 Å². The van der Waals surface area contributed by atoms with Crippen LogP contribution in [0.1, 0.15) is 16.8 Å². The lowest BCUT2D eigenvalue weighted by Gasteiger charge is -2.34. The number of hydrogen-bond donors (Lipinski definition) is 1. The largest absolute Gasteiger partial charge is 0.493 e. The lowest BCUT2D eigenvalue weighted by Crippen LogP contribution is -2.47. The van der Waals surface area contributed by atoms with Crippen LogP contribution in [0.4, 0.5) is 4.39 Å². The molecule has 0 aromatic heterocycles. The van der Waals surface area contributed by atoms with E-state index in [0.717, 1.165) is 6.07 Å². The number of carboxylic acids is 1. The van der Waals surface area contributed by atoms with Gasteiger partial charge in [-0.2, -0.15) is 11.8 Å². The minimum absolute atomic E-state index is 0.148. The number of benzene rings is 1. The Bertz CT molecular complexity index is 610. The molecule has 1 saturated heterocycles. The van der Waals surface area contributed by atoms with Crippen molar-refractivity contribution in [1.29, 1.82) is 0 Å². The van der Waals surface area contributed by atoms with Crippen molar-refractivity contribution in [3.05, 3.63) is 23.5 Å². The number of aliphatic carboxylic acids is 1. The maximum absolute atomic E-state index is 14.2. The summed E-state index contributed by atoms with van der Waals surface area (Å²) in [6.45, 7) is 0.384. The van der Waals surface area contributed by atoms with E-state index >= 15 is 0 Å². The Morgan fingerprint density at radius 1 is 1.35 bits per heavy atom. The van der Waals surface area contributed by atoms with Crippen molar-refractivity contribution in [2.24, 2.45) is 0 Å². The number of amides is 1. The smallest absolute Gasteiger partial charge is 0.305 e. The van der Waals surface area contributed by atoms with Gasteiger partial charge in [0.1, 0.15) is 5.82 Å². The van der Waals surface area contributed by atoms with Crippen molar-refractivity contribution in [1.82, 2.24) is 4.90 Å². The number of thioether (sulfide) groups is 1. The SMILES string of the molecule is COc1cc(F)c(C(=O)N2CCSCC2CC(=O)O)cc1OC. The van der Waals surface area contributed by atoms with E-state index in [0.29, 0.717) is 18.1 Å². The van der Waals surface area contributed by atoms with E-state index in [1.54, 1.807) is 11.8 Å². The van der Waals surface area contributed by atoms with Crippen LogP contribution in [-0.4, -0.2) is 60.2 Å². The van der Waals surface area contributed by atoms with Gasteiger partial charge in [-0.05, 0) is 6.07 Å². The van der Waals surface area contributed by atoms with Crippen LogP contribution in [0.3, 0.4) is 0 Å². The van der Waals surface area contributed by atoms with E-state index < -0.39 is 23.7 Å². The van der Waals surface area contributed by atoms with E-state index in [9.17, 15) is 14.0 Å². The van der Waals surface area contributed by atoms with E-state index in [-0.39, 0.29) is 23.5 Å². The van der Waals surface area contributed by atoms with Gasteiger partial charge in [-0.3, -0.25) is 9.59 Å². The molecule has 1 heterocycles. The predicted octanol–water partition coefficient (Wildman–Crippen LogP) is 1.88. The number of rotatable bonds is 5. The zero-order valence-electron chi connectivity index (χ0n) is 12.9. The molecule has 1 aromatic carbocycles. The van der Waals surface area contributed by atoms with Crippen LogP contribution in [0, 0.1) is 5.82 Å². The molecule has 1 fully saturated rings. The molecule has 8 heteroatoms. The lowest BCUT2D eigenvalue weighted by molar-refractivity contribution is -0.138. The van der Waals surface area contributed by atoms with Gasteiger partial charge < -0.3 is 19.5 Å². The molecule has 1 aromatic rings. The number of halogens is 1. The monoisotopic (exact) mass is 343 g/mol. The third-order valence-electron chi connectivity index (χ3n) is 3.60. The second-order valence-electron chi connectivity index (χ2n) is 5.01. The molecule has 1 aliphatic rings. The molecule has 0 bridgehead atoms. The fourth-order valence-corrected chi connectivity index (χ4v) is 3.53. The van der Waals surface area contributed by atoms with Crippen molar-refractivity contribution in [3.63, 3.8) is 0 Å². The van der Waals surface area contributed by atoms with Gasteiger partial charge in [-0.25, -0.2) is 4.39 Å². The van der Waals surface area contributed by atoms with Crippen molar-refractivity contribution < 1.29 is 28.6 Å². The van der Waals surface area contributed by atoms with E-state index in [4.69, 9.17) is 14.6 Å². The Kier molecular flexibility index (Phi) is 5.70.